The monoisotopic (exact) mass is 197 g/mol. The molecule has 0 spiro atoms. The minimum absolute atomic E-state index is 0.160. The molecular weight excluding hydrogens is 186 g/mol. The van der Waals surface area contributed by atoms with Gasteiger partial charge in [-0.1, -0.05) is 30.3 Å². The lowest BCUT2D eigenvalue weighted by atomic mass is 9.91. The van der Waals surface area contributed by atoms with E-state index in [4.69, 9.17) is 4.74 Å². The van der Waals surface area contributed by atoms with Crippen molar-refractivity contribution in [1.29, 1.82) is 0 Å². The van der Waals surface area contributed by atoms with Crippen LogP contribution in [0.1, 0.15) is 12.0 Å². The zero-order valence-corrected chi connectivity index (χ0v) is 7.62. The highest BCUT2D eigenvalue weighted by Crippen LogP contribution is 2.39. The lowest BCUT2D eigenvalue weighted by Gasteiger charge is -2.35. The maximum Gasteiger partial charge on any atom is 0.274 e. The summed E-state index contributed by atoms with van der Waals surface area (Å²) in [6.07, 6.45) is 0.345. The van der Waals surface area contributed by atoms with Crippen LogP contribution in [0, 0.1) is 6.42 Å². The summed E-state index contributed by atoms with van der Waals surface area (Å²) in [5.41, 5.74) is 0.920. The molecule has 0 aliphatic heterocycles. The van der Waals surface area contributed by atoms with Crippen LogP contribution in [0.25, 0.3) is 0 Å². The Hall–Kier alpha value is -0.960. The minimum atomic E-state index is -2.66. The van der Waals surface area contributed by atoms with Gasteiger partial charge in [-0.15, -0.1) is 0 Å². The second-order valence-corrected chi connectivity index (χ2v) is 3.42. The van der Waals surface area contributed by atoms with Crippen LogP contribution in [-0.2, 0) is 11.3 Å². The molecule has 0 bridgehead atoms. The molecule has 0 amide bonds. The Kier molecular flexibility index (Phi) is 2.50. The molecule has 1 nitrogen and oxygen atoms in total. The molecule has 0 aromatic heterocycles. The Balaban J connectivity index is 1.84. The summed E-state index contributed by atoms with van der Waals surface area (Å²) in [6, 6.07) is 9.32. The molecule has 1 aliphatic carbocycles. The van der Waals surface area contributed by atoms with E-state index in [1.807, 2.05) is 30.3 Å². The number of benzene rings is 1. The predicted octanol–water partition coefficient (Wildman–Crippen LogP) is 2.82. The van der Waals surface area contributed by atoms with Crippen molar-refractivity contribution in [3.63, 3.8) is 0 Å². The van der Waals surface area contributed by atoms with Crippen molar-refractivity contribution in [2.24, 2.45) is 0 Å². The van der Waals surface area contributed by atoms with E-state index in [0.29, 0.717) is 0 Å². The van der Waals surface area contributed by atoms with Gasteiger partial charge in [-0.2, -0.15) is 0 Å². The largest absolute Gasteiger partial charge is 0.367 e. The lowest BCUT2D eigenvalue weighted by Crippen LogP contribution is -2.46. The quantitative estimate of drug-likeness (QED) is 0.724. The first-order valence-electron chi connectivity index (χ1n) is 4.55. The molecule has 1 unspecified atom stereocenters. The van der Waals surface area contributed by atoms with Crippen molar-refractivity contribution in [2.45, 2.75) is 25.1 Å². The van der Waals surface area contributed by atoms with E-state index in [1.165, 1.54) is 6.42 Å². The fourth-order valence-corrected chi connectivity index (χ4v) is 1.34. The highest BCUT2D eigenvalue weighted by atomic mass is 19.3. The van der Waals surface area contributed by atoms with Gasteiger partial charge in [0.05, 0.1) is 6.61 Å². The van der Waals surface area contributed by atoms with Crippen molar-refractivity contribution in [1.82, 2.24) is 0 Å². The van der Waals surface area contributed by atoms with Crippen molar-refractivity contribution < 1.29 is 13.5 Å². The first-order chi connectivity index (χ1) is 6.68. The highest BCUT2D eigenvalue weighted by Gasteiger charge is 2.49. The summed E-state index contributed by atoms with van der Waals surface area (Å²) in [7, 11) is 0. The molecule has 0 heterocycles. The molecule has 2 rings (SSSR count). The number of halogens is 2. The SMILES string of the molecule is FC1(F)C[CH]C1OCc1ccccc1. The van der Waals surface area contributed by atoms with Crippen LogP contribution in [0.15, 0.2) is 30.3 Å². The smallest absolute Gasteiger partial charge is 0.274 e. The molecule has 14 heavy (non-hydrogen) atoms. The third kappa shape index (κ3) is 1.93. The number of hydrogen-bond acceptors (Lipinski definition) is 1. The summed E-state index contributed by atoms with van der Waals surface area (Å²) in [6.45, 7) is 0.248. The van der Waals surface area contributed by atoms with E-state index in [-0.39, 0.29) is 13.0 Å². The molecular formula is C11H11F2O. The number of hydrogen-bond donors (Lipinski definition) is 0. The van der Waals surface area contributed by atoms with Crippen LogP contribution in [0.5, 0.6) is 0 Å². The molecule has 1 aromatic carbocycles. The Bertz CT molecular complexity index is 297. The van der Waals surface area contributed by atoms with Gasteiger partial charge in [0, 0.05) is 12.8 Å². The number of ether oxygens (including phenoxy) is 1. The standard InChI is InChI=1S/C11H11F2O/c12-11(13)7-6-10(11)14-8-9-4-2-1-3-5-9/h1-6,10H,7-8H2. The average molecular weight is 197 g/mol. The molecule has 1 radical (unpaired) electrons. The van der Waals surface area contributed by atoms with Crippen molar-refractivity contribution >= 4 is 0 Å². The third-order valence-electron chi connectivity index (χ3n) is 2.29. The summed E-state index contributed by atoms with van der Waals surface area (Å²) in [5, 5.41) is 0. The maximum atomic E-state index is 12.7. The average Bonchev–Trinajstić information content (AvgIpc) is 2.18. The van der Waals surface area contributed by atoms with Gasteiger partial charge < -0.3 is 4.74 Å². The minimum Gasteiger partial charge on any atom is -0.367 e. The van der Waals surface area contributed by atoms with Gasteiger partial charge >= 0.3 is 0 Å². The van der Waals surface area contributed by atoms with Gasteiger partial charge in [0.2, 0.25) is 0 Å². The summed E-state index contributed by atoms with van der Waals surface area (Å²) < 4.78 is 30.6. The van der Waals surface area contributed by atoms with E-state index < -0.39 is 12.0 Å². The van der Waals surface area contributed by atoms with Crippen LogP contribution in [-0.4, -0.2) is 12.0 Å². The van der Waals surface area contributed by atoms with E-state index >= 15 is 0 Å². The molecule has 75 valence electrons. The van der Waals surface area contributed by atoms with Crippen LogP contribution in [0.4, 0.5) is 8.78 Å². The zero-order chi connectivity index (χ0) is 10.0. The van der Waals surface area contributed by atoms with Crippen LogP contribution in [0.2, 0.25) is 0 Å². The third-order valence-corrected chi connectivity index (χ3v) is 2.29. The van der Waals surface area contributed by atoms with Crippen molar-refractivity contribution in [3.8, 4) is 0 Å². The zero-order valence-electron chi connectivity index (χ0n) is 7.62. The first kappa shape index (κ1) is 9.59. The van der Waals surface area contributed by atoms with Gasteiger partial charge in [0.1, 0.15) is 6.10 Å². The molecule has 3 heteroatoms. The van der Waals surface area contributed by atoms with Gasteiger partial charge in [-0.25, -0.2) is 8.78 Å². The van der Waals surface area contributed by atoms with Crippen molar-refractivity contribution in [2.75, 3.05) is 0 Å². The van der Waals surface area contributed by atoms with Gasteiger partial charge in [0.15, 0.2) is 0 Å². The molecule has 1 atom stereocenters. The lowest BCUT2D eigenvalue weighted by molar-refractivity contribution is -0.170. The van der Waals surface area contributed by atoms with Crippen LogP contribution in [0.3, 0.4) is 0 Å². The van der Waals surface area contributed by atoms with Crippen molar-refractivity contribution in [3.05, 3.63) is 42.3 Å². The summed E-state index contributed by atoms with van der Waals surface area (Å²) in [4.78, 5) is 0. The Morgan fingerprint density at radius 3 is 2.50 bits per heavy atom. The molecule has 1 saturated carbocycles. The summed E-state index contributed by atoms with van der Waals surface area (Å²) in [5.74, 6) is -2.66. The van der Waals surface area contributed by atoms with E-state index in [2.05, 4.69) is 0 Å². The topological polar surface area (TPSA) is 9.23 Å². The van der Waals surface area contributed by atoms with Gasteiger partial charge in [-0.3, -0.25) is 0 Å². The summed E-state index contributed by atoms with van der Waals surface area (Å²) >= 11 is 0. The van der Waals surface area contributed by atoms with E-state index in [1.54, 1.807) is 0 Å². The number of rotatable bonds is 3. The molecule has 1 aromatic rings. The van der Waals surface area contributed by atoms with E-state index in [0.717, 1.165) is 5.56 Å². The van der Waals surface area contributed by atoms with Crippen LogP contribution >= 0.6 is 0 Å². The Morgan fingerprint density at radius 1 is 1.29 bits per heavy atom. The highest BCUT2D eigenvalue weighted by molar-refractivity contribution is 5.14. The normalized spacial score (nSPS) is 24.3. The van der Waals surface area contributed by atoms with Crippen LogP contribution < -0.4 is 0 Å². The maximum absolute atomic E-state index is 12.7. The second kappa shape index (κ2) is 3.65. The first-order valence-corrected chi connectivity index (χ1v) is 4.55. The molecule has 0 N–H and O–H groups in total. The Morgan fingerprint density at radius 2 is 2.00 bits per heavy atom. The fourth-order valence-electron chi connectivity index (χ4n) is 1.34. The number of alkyl halides is 2. The molecule has 1 aliphatic rings. The molecule has 0 saturated heterocycles. The fraction of sp³-hybridized carbons (Fsp3) is 0.364. The second-order valence-electron chi connectivity index (χ2n) is 3.42. The molecule has 1 fully saturated rings. The van der Waals surface area contributed by atoms with Gasteiger partial charge in [-0.05, 0) is 5.56 Å². The Labute approximate surface area is 81.7 Å². The predicted molar refractivity (Wildman–Crippen MR) is 48.9 cm³/mol. The van der Waals surface area contributed by atoms with Gasteiger partial charge in [0.25, 0.3) is 5.92 Å². The van der Waals surface area contributed by atoms with E-state index in [9.17, 15) is 8.78 Å².